The molecule has 27 heavy (non-hydrogen) atoms. The summed E-state index contributed by atoms with van der Waals surface area (Å²) in [5.41, 5.74) is 2.29. The first-order chi connectivity index (χ1) is 13.1. The van der Waals surface area contributed by atoms with Gasteiger partial charge in [-0.2, -0.15) is 0 Å². The van der Waals surface area contributed by atoms with Gasteiger partial charge in [0.25, 0.3) is 5.91 Å². The maximum atomic E-state index is 13.3. The van der Waals surface area contributed by atoms with Crippen LogP contribution in [0.1, 0.15) is 24.0 Å². The molecule has 2 aromatic rings. The first-order valence-corrected chi connectivity index (χ1v) is 9.81. The molecular weight excluding hydrogens is 341 g/mol. The molecule has 1 amide bonds. The van der Waals surface area contributed by atoms with Gasteiger partial charge in [-0.25, -0.2) is 4.39 Å². The van der Waals surface area contributed by atoms with Crippen molar-refractivity contribution in [3.63, 3.8) is 0 Å². The van der Waals surface area contributed by atoms with Crippen LogP contribution >= 0.6 is 0 Å². The number of likely N-dealkylation sites (N-methyl/N-ethyl adjacent to an activating group) is 1. The summed E-state index contributed by atoms with van der Waals surface area (Å²) in [6, 6.07) is 17.4. The van der Waals surface area contributed by atoms with Crippen LogP contribution in [0.2, 0.25) is 0 Å². The van der Waals surface area contributed by atoms with E-state index >= 15 is 0 Å². The van der Waals surface area contributed by atoms with Crippen molar-refractivity contribution in [2.24, 2.45) is 0 Å². The molecule has 4 nitrogen and oxygen atoms in total. The van der Waals surface area contributed by atoms with Crippen molar-refractivity contribution in [1.82, 2.24) is 5.32 Å². The third kappa shape index (κ3) is 6.45. The molecule has 0 saturated carbocycles. The molecule has 2 aromatic carbocycles. The molecule has 1 aliphatic heterocycles. The molecule has 0 spiro atoms. The molecule has 0 aromatic heterocycles. The van der Waals surface area contributed by atoms with Crippen LogP contribution in [-0.2, 0) is 17.9 Å². The van der Waals surface area contributed by atoms with Crippen molar-refractivity contribution in [3.05, 3.63) is 71.5 Å². The summed E-state index contributed by atoms with van der Waals surface area (Å²) in [5.74, 6) is -0.144. The number of amides is 1. The lowest BCUT2D eigenvalue weighted by molar-refractivity contribution is -0.918. The second kappa shape index (κ2) is 9.62. The van der Waals surface area contributed by atoms with Gasteiger partial charge in [0, 0.05) is 30.0 Å². The van der Waals surface area contributed by atoms with Gasteiger partial charge < -0.3 is 15.1 Å². The topological polar surface area (TPSA) is 38.0 Å². The normalized spacial score (nSPS) is 20.8. The van der Waals surface area contributed by atoms with Gasteiger partial charge in [-0.05, 0) is 12.1 Å². The number of likely N-dealkylation sites (tertiary alicyclic amines) is 1. The molecular formula is C22H30FN3O+2. The molecule has 1 aliphatic rings. The first-order valence-electron chi connectivity index (χ1n) is 9.81. The van der Waals surface area contributed by atoms with Gasteiger partial charge >= 0.3 is 0 Å². The number of benzene rings is 2. The van der Waals surface area contributed by atoms with Gasteiger partial charge in [0.2, 0.25) is 0 Å². The van der Waals surface area contributed by atoms with Crippen molar-refractivity contribution >= 4 is 5.91 Å². The molecule has 1 saturated heterocycles. The molecule has 0 aliphatic carbocycles. The van der Waals surface area contributed by atoms with Gasteiger partial charge in [-0.15, -0.1) is 0 Å². The van der Waals surface area contributed by atoms with E-state index in [-0.39, 0.29) is 17.8 Å². The van der Waals surface area contributed by atoms with Crippen molar-refractivity contribution in [2.45, 2.75) is 32.0 Å². The summed E-state index contributed by atoms with van der Waals surface area (Å²) in [6.07, 6.45) is 2.05. The number of carbonyl (C=O) groups is 1. The lowest BCUT2D eigenvalue weighted by Gasteiger charge is -2.30. The molecule has 3 rings (SSSR count). The Morgan fingerprint density at radius 2 is 1.81 bits per heavy atom. The largest absolute Gasteiger partial charge is 0.348 e. The summed E-state index contributed by atoms with van der Waals surface area (Å²) in [4.78, 5) is 15.0. The van der Waals surface area contributed by atoms with Crippen LogP contribution < -0.4 is 15.1 Å². The molecule has 0 bridgehead atoms. The minimum absolute atomic E-state index is 0.0837. The molecule has 1 atom stereocenters. The highest BCUT2D eigenvalue weighted by atomic mass is 19.1. The summed E-state index contributed by atoms with van der Waals surface area (Å²) in [5, 5.41) is 3.18. The SMILES string of the molecule is C[NH+](CC(=O)NC1CC[NH+](Cc2ccccc2)CC1)Cc1cccc(F)c1. The van der Waals surface area contributed by atoms with Gasteiger partial charge in [0.05, 0.1) is 20.1 Å². The Morgan fingerprint density at radius 1 is 1.11 bits per heavy atom. The highest BCUT2D eigenvalue weighted by Crippen LogP contribution is 2.02. The van der Waals surface area contributed by atoms with E-state index in [2.05, 4.69) is 29.6 Å². The lowest BCUT2D eigenvalue weighted by Crippen LogP contribution is -3.12. The molecule has 0 radical (unpaired) electrons. The van der Waals surface area contributed by atoms with Crippen LogP contribution in [0.3, 0.4) is 0 Å². The molecule has 1 heterocycles. The Bertz CT molecular complexity index is 729. The summed E-state index contributed by atoms with van der Waals surface area (Å²) >= 11 is 0. The van der Waals surface area contributed by atoms with E-state index in [4.69, 9.17) is 0 Å². The van der Waals surface area contributed by atoms with Gasteiger partial charge in [0.1, 0.15) is 18.9 Å². The van der Waals surface area contributed by atoms with Crippen LogP contribution in [0.4, 0.5) is 4.39 Å². The minimum atomic E-state index is -0.227. The van der Waals surface area contributed by atoms with E-state index < -0.39 is 0 Å². The standard InChI is InChI=1S/C22H28FN3O/c1-25(15-19-8-5-9-20(23)14-19)17-22(27)24-21-10-12-26(13-11-21)16-18-6-3-2-4-7-18/h2-9,14,21H,10-13,15-17H2,1H3,(H,24,27)/p+2. The predicted molar refractivity (Wildman–Crippen MR) is 104 cm³/mol. The van der Waals surface area contributed by atoms with E-state index in [1.165, 1.54) is 17.7 Å². The average Bonchev–Trinajstić information content (AvgIpc) is 2.64. The van der Waals surface area contributed by atoms with E-state index in [1.807, 2.05) is 19.2 Å². The zero-order chi connectivity index (χ0) is 19.1. The summed E-state index contributed by atoms with van der Waals surface area (Å²) in [6.45, 7) is 4.29. The molecule has 5 heteroatoms. The zero-order valence-corrected chi connectivity index (χ0v) is 16.0. The predicted octanol–water partition coefficient (Wildman–Crippen LogP) is 0.204. The highest BCUT2D eigenvalue weighted by Gasteiger charge is 2.24. The third-order valence-electron chi connectivity index (χ3n) is 5.21. The van der Waals surface area contributed by atoms with Crippen LogP contribution in [0, 0.1) is 5.82 Å². The minimum Gasteiger partial charge on any atom is -0.348 e. The fraction of sp³-hybridized carbons (Fsp3) is 0.409. The Labute approximate surface area is 161 Å². The second-order valence-electron chi connectivity index (χ2n) is 7.69. The maximum absolute atomic E-state index is 13.3. The zero-order valence-electron chi connectivity index (χ0n) is 16.0. The number of piperidine rings is 1. The first kappa shape index (κ1) is 19.5. The van der Waals surface area contributed by atoms with Crippen LogP contribution in [0.15, 0.2) is 54.6 Å². The molecule has 1 unspecified atom stereocenters. The van der Waals surface area contributed by atoms with Gasteiger partial charge in [-0.3, -0.25) is 4.79 Å². The molecule has 144 valence electrons. The number of hydrogen-bond acceptors (Lipinski definition) is 1. The van der Waals surface area contributed by atoms with E-state index in [0.717, 1.165) is 42.9 Å². The van der Waals surface area contributed by atoms with Crippen molar-refractivity contribution in [2.75, 3.05) is 26.7 Å². The Morgan fingerprint density at radius 3 is 2.52 bits per heavy atom. The van der Waals surface area contributed by atoms with Crippen LogP contribution in [-0.4, -0.2) is 38.6 Å². The van der Waals surface area contributed by atoms with Crippen LogP contribution in [0.5, 0.6) is 0 Å². The Hall–Kier alpha value is -2.24. The van der Waals surface area contributed by atoms with Crippen molar-refractivity contribution in [1.29, 1.82) is 0 Å². The smallest absolute Gasteiger partial charge is 0.275 e. The van der Waals surface area contributed by atoms with E-state index in [9.17, 15) is 9.18 Å². The molecule has 1 fully saturated rings. The Balaban J connectivity index is 1.37. The summed E-state index contributed by atoms with van der Waals surface area (Å²) < 4.78 is 13.3. The summed E-state index contributed by atoms with van der Waals surface area (Å²) in [7, 11) is 1.97. The fourth-order valence-corrected chi connectivity index (χ4v) is 3.84. The number of nitrogens with one attached hydrogen (secondary N) is 3. The van der Waals surface area contributed by atoms with E-state index in [1.54, 1.807) is 11.0 Å². The maximum Gasteiger partial charge on any atom is 0.275 e. The van der Waals surface area contributed by atoms with Gasteiger partial charge in [-0.1, -0.05) is 42.5 Å². The fourth-order valence-electron chi connectivity index (χ4n) is 3.84. The number of rotatable bonds is 7. The number of halogens is 1. The van der Waals surface area contributed by atoms with Gasteiger partial charge in [0.15, 0.2) is 6.54 Å². The third-order valence-corrected chi connectivity index (χ3v) is 5.21. The second-order valence-corrected chi connectivity index (χ2v) is 7.69. The van der Waals surface area contributed by atoms with Crippen molar-refractivity contribution in [3.8, 4) is 0 Å². The monoisotopic (exact) mass is 371 g/mol. The quantitative estimate of drug-likeness (QED) is 0.639. The highest BCUT2D eigenvalue weighted by molar-refractivity contribution is 5.77. The number of carbonyl (C=O) groups excluding carboxylic acids is 1. The number of hydrogen-bond donors (Lipinski definition) is 3. The van der Waals surface area contributed by atoms with Crippen molar-refractivity contribution < 1.29 is 19.0 Å². The van der Waals surface area contributed by atoms with E-state index in [0.29, 0.717) is 13.1 Å². The Kier molecular flexibility index (Phi) is 6.96. The number of quaternary nitrogens is 2. The average molecular weight is 372 g/mol. The lowest BCUT2D eigenvalue weighted by atomic mass is 10.0. The molecule has 3 N–H and O–H groups in total. The van der Waals surface area contributed by atoms with Crippen LogP contribution in [0.25, 0.3) is 0 Å².